The molecule has 1 aliphatic heterocycles. The number of nitrogens with one attached hydrogen (secondary N) is 2. The number of hydrogen-bond donors (Lipinski definition) is 3. The van der Waals surface area contributed by atoms with E-state index < -0.39 is 11.6 Å². The molecule has 2 aromatic carbocycles. The molecule has 7 heteroatoms. The third-order valence-corrected chi connectivity index (χ3v) is 4.82. The zero-order chi connectivity index (χ0) is 18.7. The molecule has 3 rings (SSSR count). The molecular formula is C19H22F2N3O2+. The molecule has 1 saturated heterocycles. The number of hydrogen-bond acceptors (Lipinski definition) is 3. The van der Waals surface area contributed by atoms with Crippen molar-refractivity contribution in [1.82, 2.24) is 0 Å². The number of aromatic hydroxyl groups is 1. The summed E-state index contributed by atoms with van der Waals surface area (Å²) in [5, 5.41) is 11.9. The highest BCUT2D eigenvalue weighted by Gasteiger charge is 2.29. The molecule has 1 amide bonds. The summed E-state index contributed by atoms with van der Waals surface area (Å²) in [5.41, 5.74) is 1.03. The molecule has 0 bridgehead atoms. The van der Waals surface area contributed by atoms with E-state index in [0.717, 1.165) is 48.9 Å². The van der Waals surface area contributed by atoms with Crippen molar-refractivity contribution < 1.29 is 23.6 Å². The van der Waals surface area contributed by atoms with Gasteiger partial charge in [-0.15, -0.1) is 0 Å². The monoisotopic (exact) mass is 362 g/mol. The highest BCUT2D eigenvalue weighted by atomic mass is 19.1. The van der Waals surface area contributed by atoms with Gasteiger partial charge in [-0.25, -0.2) is 8.78 Å². The number of quaternary nitrogens is 1. The molecule has 5 nitrogen and oxygen atoms in total. The predicted octanol–water partition coefficient (Wildman–Crippen LogP) is 1.40. The first-order valence-corrected chi connectivity index (χ1v) is 8.58. The fourth-order valence-electron chi connectivity index (χ4n) is 3.17. The quantitative estimate of drug-likeness (QED) is 0.771. The fraction of sp³-hybridized carbons (Fsp3) is 0.316. The second kappa shape index (κ2) is 7.70. The Morgan fingerprint density at radius 1 is 1.15 bits per heavy atom. The summed E-state index contributed by atoms with van der Waals surface area (Å²) in [7, 11) is 0. The van der Waals surface area contributed by atoms with E-state index in [1.807, 2.05) is 19.1 Å². The Morgan fingerprint density at radius 3 is 2.42 bits per heavy atom. The van der Waals surface area contributed by atoms with Gasteiger partial charge >= 0.3 is 0 Å². The van der Waals surface area contributed by atoms with Crippen molar-refractivity contribution in [3.8, 4) is 5.75 Å². The molecule has 2 aromatic rings. The van der Waals surface area contributed by atoms with Gasteiger partial charge in [0.25, 0.3) is 5.91 Å². The van der Waals surface area contributed by atoms with Crippen LogP contribution in [0.3, 0.4) is 0 Å². The maximum atomic E-state index is 13.7. The third-order valence-electron chi connectivity index (χ3n) is 4.82. The lowest BCUT2D eigenvalue weighted by atomic mass is 10.2. The van der Waals surface area contributed by atoms with Crippen LogP contribution in [0.5, 0.6) is 5.75 Å². The van der Waals surface area contributed by atoms with Gasteiger partial charge in [-0.1, -0.05) is 0 Å². The van der Waals surface area contributed by atoms with Crippen LogP contribution in [0, 0.1) is 11.6 Å². The molecule has 1 aliphatic rings. The summed E-state index contributed by atoms with van der Waals surface area (Å²) in [6, 6.07) is 9.80. The Hall–Kier alpha value is -2.67. The molecule has 1 fully saturated rings. The van der Waals surface area contributed by atoms with Gasteiger partial charge in [-0.3, -0.25) is 4.79 Å². The van der Waals surface area contributed by atoms with E-state index in [1.54, 1.807) is 12.1 Å². The molecule has 1 atom stereocenters. The van der Waals surface area contributed by atoms with E-state index in [4.69, 9.17) is 0 Å². The predicted molar refractivity (Wildman–Crippen MR) is 95.5 cm³/mol. The van der Waals surface area contributed by atoms with Crippen molar-refractivity contribution in [2.45, 2.75) is 13.0 Å². The van der Waals surface area contributed by atoms with Crippen molar-refractivity contribution >= 4 is 17.3 Å². The largest absolute Gasteiger partial charge is 0.508 e. The molecule has 0 spiro atoms. The molecule has 0 aliphatic carbocycles. The number of nitrogens with zero attached hydrogens (tertiary/aromatic N) is 1. The van der Waals surface area contributed by atoms with Gasteiger partial charge in [0.05, 0.1) is 31.9 Å². The Labute approximate surface area is 150 Å². The topological polar surface area (TPSA) is 57.0 Å². The van der Waals surface area contributed by atoms with Crippen molar-refractivity contribution in [1.29, 1.82) is 0 Å². The zero-order valence-electron chi connectivity index (χ0n) is 14.5. The molecular weight excluding hydrogens is 340 g/mol. The minimum absolute atomic E-state index is 0.00891. The number of anilines is 2. The maximum absolute atomic E-state index is 13.7. The summed E-state index contributed by atoms with van der Waals surface area (Å²) in [6.07, 6.45) is 0. The Bertz CT molecular complexity index is 775. The van der Waals surface area contributed by atoms with Crippen LogP contribution in [0.1, 0.15) is 6.92 Å². The number of carbonyl (C=O) groups is 1. The van der Waals surface area contributed by atoms with Crippen LogP contribution in [0.4, 0.5) is 20.2 Å². The van der Waals surface area contributed by atoms with Crippen molar-refractivity contribution in [2.24, 2.45) is 0 Å². The lowest BCUT2D eigenvalue weighted by Crippen LogP contribution is -3.19. The van der Waals surface area contributed by atoms with Crippen LogP contribution < -0.4 is 15.1 Å². The molecule has 0 saturated carbocycles. The first-order chi connectivity index (χ1) is 12.4. The number of carbonyl (C=O) groups excluding carboxylic acids is 1. The summed E-state index contributed by atoms with van der Waals surface area (Å²) in [5.74, 6) is -1.51. The summed E-state index contributed by atoms with van der Waals surface area (Å²) in [6.45, 7) is 4.90. The maximum Gasteiger partial charge on any atom is 0.282 e. The SMILES string of the molecule is C[C@@H](C(=O)Nc1ccc(F)cc1F)[NH+]1CCN(c2ccc(O)cc2)CC1. The van der Waals surface area contributed by atoms with Crippen LogP contribution in [0.25, 0.3) is 0 Å². The zero-order valence-corrected chi connectivity index (χ0v) is 14.5. The number of benzene rings is 2. The summed E-state index contributed by atoms with van der Waals surface area (Å²) < 4.78 is 26.7. The fourth-order valence-corrected chi connectivity index (χ4v) is 3.17. The minimum Gasteiger partial charge on any atom is -0.508 e. The van der Waals surface area contributed by atoms with E-state index in [0.29, 0.717) is 0 Å². The van der Waals surface area contributed by atoms with Gasteiger partial charge in [-0.2, -0.15) is 0 Å². The van der Waals surface area contributed by atoms with Gasteiger partial charge in [-0.05, 0) is 43.3 Å². The molecule has 26 heavy (non-hydrogen) atoms. The average molecular weight is 362 g/mol. The van der Waals surface area contributed by atoms with Gasteiger partial charge in [0.15, 0.2) is 6.04 Å². The number of phenols is 1. The molecule has 1 heterocycles. The van der Waals surface area contributed by atoms with Crippen molar-refractivity contribution in [2.75, 3.05) is 36.4 Å². The van der Waals surface area contributed by atoms with E-state index in [-0.39, 0.29) is 23.4 Å². The first kappa shape index (κ1) is 18.1. The molecule has 138 valence electrons. The Morgan fingerprint density at radius 2 is 1.81 bits per heavy atom. The normalized spacial score (nSPS) is 16.3. The van der Waals surface area contributed by atoms with Gasteiger partial charge in [0.2, 0.25) is 0 Å². The van der Waals surface area contributed by atoms with Crippen LogP contribution in [0.15, 0.2) is 42.5 Å². The highest BCUT2D eigenvalue weighted by Crippen LogP contribution is 2.18. The van der Waals surface area contributed by atoms with Crippen LogP contribution in [0.2, 0.25) is 0 Å². The van der Waals surface area contributed by atoms with E-state index >= 15 is 0 Å². The number of phenolic OH excluding ortho intramolecular Hbond substituents is 1. The third kappa shape index (κ3) is 4.11. The Balaban J connectivity index is 1.56. The minimum atomic E-state index is -0.780. The summed E-state index contributed by atoms with van der Waals surface area (Å²) in [4.78, 5) is 15.7. The molecule has 0 unspecified atom stereocenters. The first-order valence-electron chi connectivity index (χ1n) is 8.58. The summed E-state index contributed by atoms with van der Waals surface area (Å²) >= 11 is 0. The standard InChI is InChI=1S/C19H21F2N3O2/c1-13(19(26)22-18-7-2-14(20)12-17(18)21)23-8-10-24(11-9-23)15-3-5-16(25)6-4-15/h2-7,12-13,25H,8-11H2,1H3,(H,22,26)/p+1/t13-/m0/s1. The number of rotatable bonds is 4. The van der Waals surface area contributed by atoms with Crippen molar-refractivity contribution in [3.63, 3.8) is 0 Å². The van der Waals surface area contributed by atoms with Gasteiger partial charge in [0, 0.05) is 11.8 Å². The van der Waals surface area contributed by atoms with Gasteiger partial charge in [0.1, 0.15) is 17.4 Å². The lowest BCUT2D eigenvalue weighted by Gasteiger charge is -2.36. The average Bonchev–Trinajstić information content (AvgIpc) is 2.64. The number of piperazine rings is 1. The molecule has 0 radical (unpaired) electrons. The second-order valence-corrected chi connectivity index (χ2v) is 6.50. The Kier molecular flexibility index (Phi) is 5.37. The smallest absolute Gasteiger partial charge is 0.282 e. The number of halogens is 2. The second-order valence-electron chi connectivity index (χ2n) is 6.50. The lowest BCUT2D eigenvalue weighted by molar-refractivity contribution is -0.914. The van der Waals surface area contributed by atoms with E-state index in [1.165, 1.54) is 6.07 Å². The van der Waals surface area contributed by atoms with Crippen LogP contribution in [-0.4, -0.2) is 43.2 Å². The van der Waals surface area contributed by atoms with Crippen molar-refractivity contribution in [3.05, 3.63) is 54.1 Å². The molecule has 3 N–H and O–H groups in total. The van der Waals surface area contributed by atoms with Gasteiger partial charge < -0.3 is 20.2 Å². The molecule has 0 aromatic heterocycles. The number of amides is 1. The van der Waals surface area contributed by atoms with E-state index in [9.17, 15) is 18.7 Å². The highest BCUT2D eigenvalue weighted by molar-refractivity contribution is 5.93. The van der Waals surface area contributed by atoms with Crippen LogP contribution in [-0.2, 0) is 4.79 Å². The van der Waals surface area contributed by atoms with Crippen LogP contribution >= 0.6 is 0 Å². The van der Waals surface area contributed by atoms with E-state index in [2.05, 4.69) is 10.2 Å².